The van der Waals surface area contributed by atoms with E-state index >= 15 is 0 Å². The van der Waals surface area contributed by atoms with E-state index < -0.39 is 12.2 Å². The molecule has 0 aliphatic rings. The molecular weight excluding hydrogens is 252 g/mol. The largest absolute Gasteiger partial charge is 0.389 e. The van der Waals surface area contributed by atoms with Gasteiger partial charge in [0, 0.05) is 31.0 Å². The second-order valence-electron chi connectivity index (χ2n) is 4.25. The van der Waals surface area contributed by atoms with Crippen molar-refractivity contribution in [3.63, 3.8) is 0 Å². The Hall–Kier alpha value is -0.850. The standard InChI is InChI=1S/C12H20N2O3S/c1-4-5-14-6-10(8(2)13-14)12(17)11(16)7-18-9(3)15/h6,11-12,16-17H,4-5,7H2,1-3H3. The van der Waals surface area contributed by atoms with Gasteiger partial charge in [-0.15, -0.1) is 0 Å². The summed E-state index contributed by atoms with van der Waals surface area (Å²) in [4.78, 5) is 10.8. The topological polar surface area (TPSA) is 75.3 Å². The first kappa shape index (κ1) is 15.2. The summed E-state index contributed by atoms with van der Waals surface area (Å²) in [6.45, 7) is 6.07. The molecule has 1 aromatic heterocycles. The number of carbonyl (C=O) groups is 1. The Kier molecular flexibility index (Phi) is 5.84. The normalized spacial score (nSPS) is 14.5. The molecule has 0 fully saturated rings. The van der Waals surface area contributed by atoms with E-state index in [4.69, 9.17) is 0 Å². The Morgan fingerprint density at radius 2 is 2.22 bits per heavy atom. The minimum Gasteiger partial charge on any atom is -0.389 e. The highest BCUT2D eigenvalue weighted by Gasteiger charge is 2.22. The minimum atomic E-state index is -0.998. The average molecular weight is 272 g/mol. The number of aromatic nitrogens is 2. The maximum atomic E-state index is 10.8. The monoisotopic (exact) mass is 272 g/mol. The molecule has 6 heteroatoms. The van der Waals surface area contributed by atoms with Crippen LogP contribution in [0.25, 0.3) is 0 Å². The zero-order valence-electron chi connectivity index (χ0n) is 11.0. The van der Waals surface area contributed by atoms with Crippen LogP contribution < -0.4 is 0 Å². The highest BCUT2D eigenvalue weighted by atomic mass is 32.2. The first-order valence-corrected chi connectivity index (χ1v) is 6.97. The van der Waals surface area contributed by atoms with Gasteiger partial charge in [0.05, 0.1) is 11.8 Å². The minimum absolute atomic E-state index is 0.0698. The smallest absolute Gasteiger partial charge is 0.185 e. The number of aliphatic hydroxyl groups is 2. The van der Waals surface area contributed by atoms with Gasteiger partial charge in [-0.25, -0.2) is 0 Å². The molecule has 0 bridgehead atoms. The number of aliphatic hydroxyl groups excluding tert-OH is 2. The molecule has 0 aliphatic carbocycles. The first-order chi connectivity index (χ1) is 8.45. The lowest BCUT2D eigenvalue weighted by molar-refractivity contribution is -0.109. The van der Waals surface area contributed by atoms with Gasteiger partial charge in [0.1, 0.15) is 6.10 Å². The predicted octanol–water partition coefficient (Wildman–Crippen LogP) is 1.28. The lowest BCUT2D eigenvalue weighted by Crippen LogP contribution is -2.21. The predicted molar refractivity (Wildman–Crippen MR) is 71.4 cm³/mol. The van der Waals surface area contributed by atoms with Crippen LogP contribution in [-0.4, -0.2) is 37.0 Å². The van der Waals surface area contributed by atoms with Crippen LogP contribution in [0.15, 0.2) is 6.20 Å². The van der Waals surface area contributed by atoms with Gasteiger partial charge in [-0.2, -0.15) is 5.10 Å². The van der Waals surface area contributed by atoms with Gasteiger partial charge in [0.2, 0.25) is 0 Å². The lowest BCUT2D eigenvalue weighted by Gasteiger charge is -2.16. The number of aryl methyl sites for hydroxylation is 2. The second kappa shape index (κ2) is 6.92. The number of hydrogen-bond acceptors (Lipinski definition) is 5. The molecule has 2 unspecified atom stereocenters. The zero-order valence-corrected chi connectivity index (χ0v) is 11.8. The van der Waals surface area contributed by atoms with E-state index in [-0.39, 0.29) is 10.9 Å². The summed E-state index contributed by atoms with van der Waals surface area (Å²) < 4.78 is 1.76. The highest BCUT2D eigenvalue weighted by molar-refractivity contribution is 8.13. The summed E-state index contributed by atoms with van der Waals surface area (Å²) in [7, 11) is 0. The molecule has 0 amide bonds. The fraction of sp³-hybridized carbons (Fsp3) is 0.667. The van der Waals surface area contributed by atoms with E-state index in [0.29, 0.717) is 11.3 Å². The van der Waals surface area contributed by atoms with Crippen LogP contribution in [0, 0.1) is 6.92 Å². The molecule has 1 aromatic rings. The van der Waals surface area contributed by atoms with Crippen molar-refractivity contribution in [3.8, 4) is 0 Å². The number of carbonyl (C=O) groups excluding carboxylic acids is 1. The summed E-state index contributed by atoms with van der Waals surface area (Å²) in [5.74, 6) is 0.189. The van der Waals surface area contributed by atoms with E-state index in [0.717, 1.165) is 24.7 Å². The number of nitrogens with zero attached hydrogens (tertiary/aromatic N) is 2. The quantitative estimate of drug-likeness (QED) is 0.816. The first-order valence-electron chi connectivity index (χ1n) is 5.99. The summed E-state index contributed by atoms with van der Waals surface area (Å²) >= 11 is 1.01. The van der Waals surface area contributed by atoms with Crippen molar-refractivity contribution in [1.82, 2.24) is 9.78 Å². The van der Waals surface area contributed by atoms with Gasteiger partial charge >= 0.3 is 0 Å². The van der Waals surface area contributed by atoms with Crippen molar-refractivity contribution in [2.24, 2.45) is 0 Å². The van der Waals surface area contributed by atoms with Crippen LogP contribution in [0.3, 0.4) is 0 Å². The molecule has 18 heavy (non-hydrogen) atoms. The summed E-state index contributed by atoms with van der Waals surface area (Å²) in [6.07, 6.45) is 0.754. The molecule has 1 heterocycles. The fourth-order valence-electron chi connectivity index (χ4n) is 1.67. The number of rotatable bonds is 6. The van der Waals surface area contributed by atoms with Crippen LogP contribution in [-0.2, 0) is 11.3 Å². The van der Waals surface area contributed by atoms with E-state index in [1.165, 1.54) is 6.92 Å². The third-order valence-corrected chi connectivity index (χ3v) is 3.49. The lowest BCUT2D eigenvalue weighted by atomic mass is 10.1. The Bertz CT molecular complexity index is 406. The van der Waals surface area contributed by atoms with Crippen molar-refractivity contribution in [2.45, 2.75) is 45.9 Å². The molecular formula is C12H20N2O3S. The number of hydrogen-bond donors (Lipinski definition) is 2. The molecule has 0 radical (unpaired) electrons. The molecule has 0 saturated carbocycles. The molecule has 2 N–H and O–H groups in total. The summed E-state index contributed by atoms with van der Waals surface area (Å²) in [5.41, 5.74) is 1.34. The van der Waals surface area contributed by atoms with E-state index in [1.54, 1.807) is 17.8 Å². The Morgan fingerprint density at radius 3 is 2.78 bits per heavy atom. The van der Waals surface area contributed by atoms with Crippen LogP contribution in [0.2, 0.25) is 0 Å². The van der Waals surface area contributed by atoms with Gasteiger partial charge in [0.15, 0.2) is 5.12 Å². The SMILES string of the molecule is CCCn1cc(C(O)C(O)CSC(C)=O)c(C)n1. The van der Waals surface area contributed by atoms with Gasteiger partial charge in [-0.05, 0) is 13.3 Å². The molecule has 102 valence electrons. The highest BCUT2D eigenvalue weighted by Crippen LogP contribution is 2.22. The Balaban J connectivity index is 2.70. The Morgan fingerprint density at radius 1 is 1.56 bits per heavy atom. The van der Waals surface area contributed by atoms with Gasteiger partial charge in [0.25, 0.3) is 0 Å². The maximum Gasteiger partial charge on any atom is 0.185 e. The average Bonchev–Trinajstić information content (AvgIpc) is 2.66. The van der Waals surface area contributed by atoms with E-state index in [2.05, 4.69) is 5.10 Å². The van der Waals surface area contributed by atoms with Crippen molar-refractivity contribution in [3.05, 3.63) is 17.5 Å². The van der Waals surface area contributed by atoms with Crippen molar-refractivity contribution in [1.29, 1.82) is 0 Å². The Labute approximate surface area is 111 Å². The van der Waals surface area contributed by atoms with E-state index in [9.17, 15) is 15.0 Å². The molecule has 0 aliphatic heterocycles. The van der Waals surface area contributed by atoms with Crippen LogP contribution >= 0.6 is 11.8 Å². The number of thioether (sulfide) groups is 1. The zero-order chi connectivity index (χ0) is 13.7. The van der Waals surface area contributed by atoms with Crippen LogP contribution in [0.5, 0.6) is 0 Å². The van der Waals surface area contributed by atoms with Gasteiger partial charge < -0.3 is 10.2 Å². The molecule has 1 rings (SSSR count). The van der Waals surface area contributed by atoms with Gasteiger partial charge in [-0.1, -0.05) is 18.7 Å². The fourth-order valence-corrected chi connectivity index (χ4v) is 2.26. The maximum absolute atomic E-state index is 10.8. The molecule has 5 nitrogen and oxygen atoms in total. The van der Waals surface area contributed by atoms with E-state index in [1.807, 2.05) is 6.92 Å². The molecule has 0 aromatic carbocycles. The summed E-state index contributed by atoms with van der Waals surface area (Å²) in [5, 5.41) is 24.1. The van der Waals surface area contributed by atoms with Crippen molar-refractivity contribution >= 4 is 16.9 Å². The third kappa shape index (κ3) is 4.12. The molecule has 0 spiro atoms. The third-order valence-electron chi connectivity index (χ3n) is 2.58. The van der Waals surface area contributed by atoms with Crippen molar-refractivity contribution < 1.29 is 15.0 Å². The van der Waals surface area contributed by atoms with Crippen LogP contribution in [0.1, 0.15) is 37.6 Å². The summed E-state index contributed by atoms with van der Waals surface area (Å²) in [6, 6.07) is 0. The second-order valence-corrected chi connectivity index (χ2v) is 5.44. The van der Waals surface area contributed by atoms with Crippen molar-refractivity contribution in [2.75, 3.05) is 5.75 Å². The molecule has 0 saturated heterocycles. The van der Waals surface area contributed by atoms with Gasteiger partial charge in [-0.3, -0.25) is 9.48 Å². The molecule has 2 atom stereocenters. The van der Waals surface area contributed by atoms with Crippen LogP contribution in [0.4, 0.5) is 0 Å².